The van der Waals surface area contributed by atoms with Crippen molar-refractivity contribution in [1.82, 2.24) is 9.78 Å². The van der Waals surface area contributed by atoms with Gasteiger partial charge < -0.3 is 10.6 Å². The Labute approximate surface area is 148 Å². The summed E-state index contributed by atoms with van der Waals surface area (Å²) in [6.07, 6.45) is -3.27. The molecular weight excluding hydrogens is 355 g/mol. The maximum atomic E-state index is 12.9. The number of nitrogens with zero attached hydrogens (tertiary/aromatic N) is 4. The molecule has 0 bridgehead atoms. The predicted molar refractivity (Wildman–Crippen MR) is 89.6 cm³/mol. The number of hydrogen-bond acceptors (Lipinski definition) is 4. The number of halogens is 3. The standard InChI is InChI=1S/C15H12F3N5O.H2S/c1-8-7-22(14(24)13-12(20)6-21-23(8)13)10-2-3-11(15(16,17)18)9(4-10)5-19;/h2-4,6,8H,7,20H2,1H3;1H2/t8-;/m0./s1. The number of rotatable bonds is 1. The molecule has 1 aromatic heterocycles. The number of hydrogen-bond donors (Lipinski definition) is 1. The van der Waals surface area contributed by atoms with Crippen molar-refractivity contribution in [3.63, 3.8) is 0 Å². The largest absolute Gasteiger partial charge is 0.417 e. The predicted octanol–water partition coefficient (Wildman–Crippen LogP) is 2.69. The van der Waals surface area contributed by atoms with E-state index < -0.39 is 23.2 Å². The van der Waals surface area contributed by atoms with Crippen LogP contribution in [0.1, 0.15) is 34.6 Å². The summed E-state index contributed by atoms with van der Waals surface area (Å²) in [5.74, 6) is -0.466. The average Bonchev–Trinajstić information content (AvgIpc) is 2.92. The van der Waals surface area contributed by atoms with Gasteiger partial charge in [-0.15, -0.1) is 0 Å². The number of carbonyl (C=O) groups excluding carboxylic acids is 1. The Kier molecular flexibility index (Phi) is 4.72. The fraction of sp³-hybridized carbons (Fsp3) is 0.267. The highest BCUT2D eigenvalue weighted by atomic mass is 32.1. The zero-order valence-corrected chi connectivity index (χ0v) is 14.0. The molecule has 0 saturated heterocycles. The van der Waals surface area contributed by atoms with Gasteiger partial charge in [0.25, 0.3) is 5.91 Å². The van der Waals surface area contributed by atoms with Crippen LogP contribution in [0, 0.1) is 11.3 Å². The van der Waals surface area contributed by atoms with Gasteiger partial charge in [0.05, 0.1) is 35.1 Å². The number of carbonyl (C=O) groups is 1. The van der Waals surface area contributed by atoms with Crippen molar-refractivity contribution in [2.24, 2.45) is 0 Å². The Morgan fingerprint density at radius 2 is 2.08 bits per heavy atom. The summed E-state index contributed by atoms with van der Waals surface area (Å²) in [5.41, 5.74) is 4.79. The number of benzene rings is 1. The Balaban J connectivity index is 0.00000225. The summed E-state index contributed by atoms with van der Waals surface area (Å²) in [7, 11) is 0. The van der Waals surface area contributed by atoms with Crippen LogP contribution in [0.4, 0.5) is 24.5 Å². The highest BCUT2D eigenvalue weighted by Gasteiger charge is 2.36. The van der Waals surface area contributed by atoms with Crippen molar-refractivity contribution in [3.8, 4) is 6.07 Å². The molecule has 0 fully saturated rings. The number of amides is 1. The van der Waals surface area contributed by atoms with Crippen LogP contribution >= 0.6 is 13.5 Å². The molecule has 2 heterocycles. The normalized spacial score (nSPS) is 16.8. The van der Waals surface area contributed by atoms with Gasteiger partial charge in [0.2, 0.25) is 0 Å². The summed E-state index contributed by atoms with van der Waals surface area (Å²) in [4.78, 5) is 13.9. The Morgan fingerprint density at radius 1 is 1.40 bits per heavy atom. The molecule has 0 unspecified atom stereocenters. The van der Waals surface area contributed by atoms with E-state index in [1.165, 1.54) is 27.9 Å². The van der Waals surface area contributed by atoms with E-state index in [4.69, 9.17) is 11.0 Å². The minimum atomic E-state index is -4.63. The summed E-state index contributed by atoms with van der Waals surface area (Å²) >= 11 is 0. The first-order valence-electron chi connectivity index (χ1n) is 7.00. The van der Waals surface area contributed by atoms with Gasteiger partial charge in [-0.1, -0.05) is 0 Å². The van der Waals surface area contributed by atoms with Gasteiger partial charge >= 0.3 is 6.18 Å². The van der Waals surface area contributed by atoms with E-state index in [1.807, 2.05) is 6.92 Å². The molecule has 1 aliphatic heterocycles. The molecule has 1 aromatic carbocycles. The topological polar surface area (TPSA) is 87.9 Å². The number of alkyl halides is 3. The highest BCUT2D eigenvalue weighted by molar-refractivity contribution is 7.59. The third-order valence-corrected chi connectivity index (χ3v) is 3.88. The quantitative estimate of drug-likeness (QED) is 0.837. The molecule has 2 aromatic rings. The third kappa shape index (κ3) is 3.02. The summed E-state index contributed by atoms with van der Waals surface area (Å²) in [6, 6.07) is 4.38. The summed E-state index contributed by atoms with van der Waals surface area (Å²) in [5, 5.41) is 13.0. The molecule has 25 heavy (non-hydrogen) atoms. The zero-order chi connectivity index (χ0) is 17.6. The molecule has 1 aliphatic rings. The number of nitrogens with two attached hydrogens (primary N) is 1. The van der Waals surface area contributed by atoms with E-state index in [9.17, 15) is 18.0 Å². The van der Waals surface area contributed by atoms with Crippen LogP contribution in [0.2, 0.25) is 0 Å². The molecule has 0 spiro atoms. The molecule has 6 nitrogen and oxygen atoms in total. The van der Waals surface area contributed by atoms with Crippen molar-refractivity contribution in [2.45, 2.75) is 19.1 Å². The zero-order valence-electron chi connectivity index (χ0n) is 13.0. The van der Waals surface area contributed by atoms with E-state index in [0.29, 0.717) is 0 Å². The Hall–Kier alpha value is -2.67. The highest BCUT2D eigenvalue weighted by Crippen LogP contribution is 2.35. The second-order valence-electron chi connectivity index (χ2n) is 5.50. The number of anilines is 2. The van der Waals surface area contributed by atoms with Crippen LogP contribution in [-0.4, -0.2) is 22.2 Å². The molecule has 1 amide bonds. The second kappa shape index (κ2) is 6.33. The van der Waals surface area contributed by atoms with E-state index in [2.05, 4.69) is 5.10 Å². The van der Waals surface area contributed by atoms with Crippen LogP contribution in [0.5, 0.6) is 0 Å². The minimum Gasteiger partial charge on any atom is -0.396 e. The lowest BCUT2D eigenvalue weighted by Gasteiger charge is -2.32. The van der Waals surface area contributed by atoms with Gasteiger partial charge in [-0.3, -0.25) is 9.48 Å². The summed E-state index contributed by atoms with van der Waals surface area (Å²) in [6.45, 7) is 2.02. The first kappa shape index (κ1) is 18.7. The van der Waals surface area contributed by atoms with Gasteiger partial charge in [-0.25, -0.2) is 0 Å². The van der Waals surface area contributed by atoms with Gasteiger partial charge in [-0.05, 0) is 25.1 Å². The molecule has 1 atom stereocenters. The number of fused-ring (bicyclic) bond motifs is 1. The van der Waals surface area contributed by atoms with Crippen molar-refractivity contribution < 1.29 is 18.0 Å². The second-order valence-corrected chi connectivity index (χ2v) is 5.50. The molecule has 2 N–H and O–H groups in total. The van der Waals surface area contributed by atoms with Gasteiger partial charge in [0.1, 0.15) is 5.69 Å². The van der Waals surface area contributed by atoms with Gasteiger partial charge in [-0.2, -0.15) is 37.0 Å². The molecule has 0 saturated carbocycles. The number of nitriles is 1. The van der Waals surface area contributed by atoms with E-state index in [-0.39, 0.29) is 43.2 Å². The molecule has 132 valence electrons. The van der Waals surface area contributed by atoms with Gasteiger partial charge in [0, 0.05) is 12.2 Å². The smallest absolute Gasteiger partial charge is 0.396 e. The number of aromatic nitrogens is 2. The van der Waals surface area contributed by atoms with Crippen LogP contribution in [0.25, 0.3) is 0 Å². The molecule has 0 aliphatic carbocycles. The van der Waals surface area contributed by atoms with Crippen molar-refractivity contribution in [3.05, 3.63) is 41.2 Å². The van der Waals surface area contributed by atoms with Crippen LogP contribution < -0.4 is 10.6 Å². The Morgan fingerprint density at radius 3 is 2.68 bits per heavy atom. The fourth-order valence-electron chi connectivity index (χ4n) is 2.75. The van der Waals surface area contributed by atoms with E-state index in [1.54, 1.807) is 0 Å². The first-order valence-corrected chi connectivity index (χ1v) is 7.00. The van der Waals surface area contributed by atoms with Crippen LogP contribution in [0.3, 0.4) is 0 Å². The molecule has 0 radical (unpaired) electrons. The third-order valence-electron chi connectivity index (χ3n) is 3.88. The van der Waals surface area contributed by atoms with Crippen LogP contribution in [-0.2, 0) is 6.18 Å². The first-order chi connectivity index (χ1) is 11.2. The maximum absolute atomic E-state index is 12.9. The van der Waals surface area contributed by atoms with E-state index >= 15 is 0 Å². The van der Waals surface area contributed by atoms with Crippen molar-refractivity contribution >= 4 is 30.8 Å². The maximum Gasteiger partial charge on any atom is 0.417 e. The SMILES string of the molecule is C[C@H]1CN(c2ccc(C(F)(F)F)c(C#N)c2)C(=O)c2c(N)cnn21.S. The lowest BCUT2D eigenvalue weighted by molar-refractivity contribution is -0.137. The van der Waals surface area contributed by atoms with Gasteiger partial charge in [0.15, 0.2) is 0 Å². The van der Waals surface area contributed by atoms with Crippen molar-refractivity contribution in [2.75, 3.05) is 17.2 Å². The number of nitrogen functional groups attached to an aromatic ring is 1. The molecular formula is C15H14F3N5OS. The molecule has 3 rings (SSSR count). The minimum absolute atomic E-state index is 0. The summed E-state index contributed by atoms with van der Waals surface area (Å²) < 4.78 is 40.2. The van der Waals surface area contributed by atoms with E-state index in [0.717, 1.165) is 12.1 Å². The fourth-order valence-corrected chi connectivity index (χ4v) is 2.75. The van der Waals surface area contributed by atoms with Crippen molar-refractivity contribution in [1.29, 1.82) is 5.26 Å². The Bertz CT molecular complexity index is 871. The lowest BCUT2D eigenvalue weighted by Crippen LogP contribution is -2.43. The monoisotopic (exact) mass is 369 g/mol. The average molecular weight is 369 g/mol. The molecule has 10 heteroatoms. The lowest BCUT2D eigenvalue weighted by atomic mass is 10.1. The van der Waals surface area contributed by atoms with Crippen LogP contribution in [0.15, 0.2) is 24.4 Å².